The number of carbonyl (C=O) groups is 2. The standard InChI is InChI=1S/C28H40N2O6/c1-26-10-7-18(36-25(33)22(29)14-23(30)31)13-17(26)4-5-21-20(26)8-11-27(2)19(9-12-28(21,27)34)16-3-6-24(32)35-15-16/h3,6,15,17-22,34H,4-5,7-14,29H2,1-2H3,(H2,30,31)/t17-,18+,19-,20+,21-,22+,26+,27-,28+/m1/s1. The number of fused-ring (bicyclic) bond motifs is 5. The van der Waals surface area contributed by atoms with Gasteiger partial charge in [0.05, 0.1) is 18.3 Å². The third kappa shape index (κ3) is 3.92. The van der Waals surface area contributed by atoms with Crippen molar-refractivity contribution in [2.24, 2.45) is 40.1 Å². The molecular formula is C28H40N2O6. The average Bonchev–Trinajstić information content (AvgIpc) is 3.10. The van der Waals surface area contributed by atoms with E-state index >= 15 is 0 Å². The van der Waals surface area contributed by atoms with E-state index in [2.05, 4.69) is 13.8 Å². The number of amides is 1. The molecule has 1 aromatic rings. The molecule has 5 N–H and O–H groups in total. The lowest BCUT2D eigenvalue weighted by atomic mass is 9.43. The van der Waals surface area contributed by atoms with Crippen LogP contribution in [-0.2, 0) is 14.3 Å². The van der Waals surface area contributed by atoms with Crippen molar-refractivity contribution in [1.82, 2.24) is 0 Å². The highest BCUT2D eigenvalue weighted by molar-refractivity contribution is 5.84. The van der Waals surface area contributed by atoms with Crippen molar-refractivity contribution in [3.8, 4) is 0 Å². The van der Waals surface area contributed by atoms with Crippen LogP contribution in [0.2, 0.25) is 0 Å². The van der Waals surface area contributed by atoms with E-state index in [0.717, 1.165) is 63.4 Å². The van der Waals surface area contributed by atoms with E-state index in [1.54, 1.807) is 6.26 Å². The minimum atomic E-state index is -1.01. The molecule has 8 heteroatoms. The van der Waals surface area contributed by atoms with Gasteiger partial charge in [-0.05, 0) is 98.5 Å². The summed E-state index contributed by atoms with van der Waals surface area (Å²) in [4.78, 5) is 35.0. The molecule has 0 spiro atoms. The van der Waals surface area contributed by atoms with Crippen LogP contribution in [0, 0.1) is 28.6 Å². The Morgan fingerprint density at radius 1 is 1.11 bits per heavy atom. The molecule has 4 saturated carbocycles. The summed E-state index contributed by atoms with van der Waals surface area (Å²) < 4.78 is 10.9. The Hall–Kier alpha value is -2.19. The van der Waals surface area contributed by atoms with Crippen molar-refractivity contribution in [3.05, 3.63) is 34.4 Å². The van der Waals surface area contributed by atoms with Gasteiger partial charge in [-0.25, -0.2) is 4.79 Å². The number of rotatable bonds is 5. The van der Waals surface area contributed by atoms with Crippen LogP contribution in [0.25, 0.3) is 0 Å². The van der Waals surface area contributed by atoms with E-state index in [4.69, 9.17) is 20.6 Å². The summed E-state index contributed by atoms with van der Waals surface area (Å²) >= 11 is 0. The lowest BCUT2D eigenvalue weighted by Crippen LogP contribution is -2.62. The van der Waals surface area contributed by atoms with Gasteiger partial charge in [-0.15, -0.1) is 0 Å². The molecule has 0 aromatic carbocycles. The smallest absolute Gasteiger partial charge is 0.335 e. The molecule has 36 heavy (non-hydrogen) atoms. The number of carbonyl (C=O) groups excluding carboxylic acids is 2. The van der Waals surface area contributed by atoms with Crippen molar-refractivity contribution in [2.45, 2.75) is 102 Å². The molecule has 0 radical (unpaired) electrons. The van der Waals surface area contributed by atoms with Crippen LogP contribution in [0.3, 0.4) is 0 Å². The molecular weight excluding hydrogens is 460 g/mol. The predicted molar refractivity (Wildman–Crippen MR) is 133 cm³/mol. The summed E-state index contributed by atoms with van der Waals surface area (Å²) in [7, 11) is 0. The van der Waals surface area contributed by atoms with E-state index in [1.807, 2.05) is 6.07 Å². The molecule has 1 amide bonds. The van der Waals surface area contributed by atoms with Crippen molar-refractivity contribution >= 4 is 11.9 Å². The normalized spacial score (nSPS) is 42.5. The first kappa shape index (κ1) is 25.5. The van der Waals surface area contributed by atoms with Gasteiger partial charge in [-0.1, -0.05) is 13.8 Å². The Kier molecular flexibility index (Phi) is 6.35. The molecule has 0 bridgehead atoms. The van der Waals surface area contributed by atoms with Crippen molar-refractivity contribution in [2.75, 3.05) is 0 Å². The molecule has 4 aliphatic carbocycles. The largest absolute Gasteiger partial charge is 0.461 e. The van der Waals surface area contributed by atoms with Gasteiger partial charge in [0.1, 0.15) is 12.1 Å². The van der Waals surface area contributed by atoms with Crippen LogP contribution in [0.5, 0.6) is 0 Å². The third-order valence-corrected chi connectivity index (χ3v) is 10.9. The summed E-state index contributed by atoms with van der Waals surface area (Å²) in [5.41, 5.74) is 10.7. The van der Waals surface area contributed by atoms with Crippen LogP contribution in [0.4, 0.5) is 0 Å². The molecule has 8 nitrogen and oxygen atoms in total. The first-order chi connectivity index (χ1) is 17.0. The van der Waals surface area contributed by atoms with E-state index in [0.29, 0.717) is 11.8 Å². The zero-order valence-corrected chi connectivity index (χ0v) is 21.4. The van der Waals surface area contributed by atoms with Gasteiger partial charge >= 0.3 is 11.6 Å². The fourth-order valence-electron chi connectivity index (χ4n) is 8.95. The lowest BCUT2D eigenvalue weighted by Gasteiger charge is -2.63. The Morgan fingerprint density at radius 2 is 1.89 bits per heavy atom. The van der Waals surface area contributed by atoms with E-state index < -0.39 is 23.5 Å². The second-order valence-electron chi connectivity index (χ2n) is 12.5. The van der Waals surface area contributed by atoms with Crippen LogP contribution in [0.1, 0.15) is 89.5 Å². The van der Waals surface area contributed by atoms with Crippen LogP contribution >= 0.6 is 0 Å². The van der Waals surface area contributed by atoms with Crippen LogP contribution < -0.4 is 17.1 Å². The first-order valence-corrected chi connectivity index (χ1v) is 13.5. The maximum atomic E-state index is 12.4. The number of esters is 1. The number of ether oxygens (including phenoxy) is 1. The van der Waals surface area contributed by atoms with Crippen molar-refractivity contribution < 1.29 is 23.8 Å². The minimum Gasteiger partial charge on any atom is -0.461 e. The topological polar surface area (TPSA) is 146 Å². The lowest BCUT2D eigenvalue weighted by molar-refractivity contribution is -0.207. The molecule has 0 unspecified atom stereocenters. The molecule has 5 rings (SSSR count). The number of primary amides is 1. The molecule has 9 atom stereocenters. The van der Waals surface area contributed by atoms with Crippen molar-refractivity contribution in [3.63, 3.8) is 0 Å². The molecule has 0 saturated heterocycles. The number of nitrogens with two attached hydrogens (primary N) is 2. The first-order valence-electron chi connectivity index (χ1n) is 13.5. The Morgan fingerprint density at radius 3 is 2.58 bits per heavy atom. The van der Waals surface area contributed by atoms with Gasteiger partial charge in [0.2, 0.25) is 5.91 Å². The highest BCUT2D eigenvalue weighted by Gasteiger charge is 2.67. The van der Waals surface area contributed by atoms with Gasteiger partial charge in [-0.3, -0.25) is 9.59 Å². The Balaban J connectivity index is 1.31. The zero-order valence-electron chi connectivity index (χ0n) is 21.4. The van der Waals surface area contributed by atoms with Gasteiger partial charge in [-0.2, -0.15) is 0 Å². The predicted octanol–water partition coefficient (Wildman–Crippen LogP) is 3.00. The summed E-state index contributed by atoms with van der Waals surface area (Å²) in [5.74, 6) is 0.107. The summed E-state index contributed by atoms with van der Waals surface area (Å²) in [5, 5.41) is 12.3. The molecule has 0 aliphatic heterocycles. The van der Waals surface area contributed by atoms with E-state index in [-0.39, 0.29) is 40.8 Å². The van der Waals surface area contributed by atoms with Gasteiger partial charge in [0, 0.05) is 11.5 Å². The fourth-order valence-corrected chi connectivity index (χ4v) is 8.95. The zero-order chi connectivity index (χ0) is 25.9. The van der Waals surface area contributed by atoms with Crippen molar-refractivity contribution in [1.29, 1.82) is 0 Å². The van der Waals surface area contributed by atoms with E-state index in [1.165, 1.54) is 6.07 Å². The van der Waals surface area contributed by atoms with Gasteiger partial charge in [0.25, 0.3) is 0 Å². The quantitative estimate of drug-likeness (QED) is 0.527. The number of hydrogen-bond donors (Lipinski definition) is 3. The molecule has 4 fully saturated rings. The molecule has 198 valence electrons. The summed E-state index contributed by atoms with van der Waals surface area (Å²) in [6, 6.07) is 2.35. The van der Waals surface area contributed by atoms with Gasteiger partial charge in [0.15, 0.2) is 0 Å². The SMILES string of the molecule is C[C@]12CC[C@H](OC(=O)[C@@H](N)CC(N)=O)C[C@H]1CC[C@@H]1[C@@H]2CC[C@]2(C)[C@@H](c3ccc(=O)oc3)CC[C@]12O. The second-order valence-corrected chi connectivity index (χ2v) is 12.5. The molecule has 1 aromatic heterocycles. The minimum absolute atomic E-state index is 0.0931. The summed E-state index contributed by atoms with van der Waals surface area (Å²) in [6.45, 7) is 4.63. The highest BCUT2D eigenvalue weighted by atomic mass is 16.5. The molecule has 4 aliphatic rings. The molecule has 1 heterocycles. The maximum absolute atomic E-state index is 12.4. The fraction of sp³-hybridized carbons (Fsp3) is 0.750. The van der Waals surface area contributed by atoms with Gasteiger partial charge < -0.3 is 25.7 Å². The number of aliphatic hydroxyl groups is 1. The monoisotopic (exact) mass is 500 g/mol. The third-order valence-electron chi connectivity index (χ3n) is 10.9. The Bertz CT molecular complexity index is 1070. The highest BCUT2D eigenvalue weighted by Crippen LogP contribution is 2.70. The van der Waals surface area contributed by atoms with E-state index in [9.17, 15) is 19.5 Å². The summed E-state index contributed by atoms with van der Waals surface area (Å²) in [6.07, 6.45) is 9.36. The average molecular weight is 501 g/mol. The van der Waals surface area contributed by atoms with Crippen LogP contribution in [0.15, 0.2) is 27.6 Å². The number of hydrogen-bond acceptors (Lipinski definition) is 7. The second kappa shape index (κ2) is 8.98. The Labute approximate surface area is 212 Å². The maximum Gasteiger partial charge on any atom is 0.335 e. The van der Waals surface area contributed by atoms with Crippen LogP contribution in [-0.4, -0.2) is 34.7 Å².